The van der Waals surface area contributed by atoms with Crippen LogP contribution in [-0.4, -0.2) is 23.9 Å². The summed E-state index contributed by atoms with van der Waals surface area (Å²) in [4.78, 5) is 14.6. The zero-order valence-corrected chi connectivity index (χ0v) is 16.0. The normalized spacial score (nSPS) is 10.8. The maximum absolute atomic E-state index is 12.2. The summed E-state index contributed by atoms with van der Waals surface area (Å²) in [6.45, 7) is 7.90. The van der Waals surface area contributed by atoms with Gasteiger partial charge >= 0.3 is 0 Å². The van der Waals surface area contributed by atoms with Gasteiger partial charge in [-0.3, -0.25) is 9.69 Å². The van der Waals surface area contributed by atoms with E-state index < -0.39 is 0 Å². The Bertz CT molecular complexity index is 651. The van der Waals surface area contributed by atoms with Crippen molar-refractivity contribution in [1.82, 2.24) is 10.2 Å². The minimum atomic E-state index is 0.0509. The smallest absolute Gasteiger partial charge is 0.224 e. The minimum Gasteiger partial charge on any atom is -0.352 e. The van der Waals surface area contributed by atoms with Crippen LogP contribution in [0.1, 0.15) is 30.5 Å². The highest BCUT2D eigenvalue weighted by atomic mass is 79.9. The maximum atomic E-state index is 12.2. The minimum absolute atomic E-state index is 0.0509. The van der Waals surface area contributed by atoms with Gasteiger partial charge in [-0.25, -0.2) is 0 Å². The van der Waals surface area contributed by atoms with Crippen LogP contribution in [0.25, 0.3) is 0 Å². The molecule has 1 amide bonds. The number of nitrogens with zero attached hydrogens (tertiary/aromatic N) is 1. The van der Waals surface area contributed by atoms with Crippen LogP contribution in [0.2, 0.25) is 0 Å². The summed E-state index contributed by atoms with van der Waals surface area (Å²) in [6.07, 6.45) is 0.408. The van der Waals surface area contributed by atoms with Gasteiger partial charge in [-0.15, -0.1) is 0 Å². The fourth-order valence-electron chi connectivity index (χ4n) is 2.62. The second-order valence-electron chi connectivity index (χ2n) is 5.81. The number of carbonyl (C=O) groups is 1. The van der Waals surface area contributed by atoms with E-state index in [0.717, 1.165) is 29.7 Å². The van der Waals surface area contributed by atoms with Crippen molar-refractivity contribution in [2.24, 2.45) is 0 Å². The van der Waals surface area contributed by atoms with E-state index in [2.05, 4.69) is 58.2 Å². The highest BCUT2D eigenvalue weighted by Gasteiger charge is 2.08. The predicted molar refractivity (Wildman–Crippen MR) is 103 cm³/mol. The Morgan fingerprint density at radius 2 is 1.62 bits per heavy atom. The Morgan fingerprint density at radius 3 is 2.25 bits per heavy atom. The summed E-state index contributed by atoms with van der Waals surface area (Å²) in [5.41, 5.74) is 3.49. The molecule has 0 aliphatic heterocycles. The molecule has 0 fully saturated rings. The average Bonchev–Trinajstić information content (AvgIpc) is 2.60. The van der Waals surface area contributed by atoms with Crippen LogP contribution in [0, 0.1) is 0 Å². The first-order valence-electron chi connectivity index (χ1n) is 8.42. The molecule has 128 valence electrons. The van der Waals surface area contributed by atoms with Crippen molar-refractivity contribution >= 4 is 21.8 Å². The van der Waals surface area contributed by atoms with E-state index in [9.17, 15) is 4.79 Å². The van der Waals surface area contributed by atoms with Gasteiger partial charge in [0.25, 0.3) is 0 Å². The van der Waals surface area contributed by atoms with Crippen LogP contribution in [-0.2, 0) is 24.3 Å². The quantitative estimate of drug-likeness (QED) is 0.736. The first kappa shape index (κ1) is 18.7. The van der Waals surface area contributed by atoms with Gasteiger partial charge in [-0.05, 0) is 41.9 Å². The summed E-state index contributed by atoms with van der Waals surface area (Å²) < 4.78 is 1.02. The van der Waals surface area contributed by atoms with Gasteiger partial charge in [-0.1, -0.05) is 66.2 Å². The number of carbonyl (C=O) groups excluding carboxylic acids is 1. The number of rotatable bonds is 8. The van der Waals surface area contributed by atoms with Gasteiger partial charge < -0.3 is 5.32 Å². The number of benzene rings is 2. The maximum Gasteiger partial charge on any atom is 0.224 e. The van der Waals surface area contributed by atoms with Crippen molar-refractivity contribution in [2.75, 3.05) is 13.1 Å². The number of hydrogen-bond donors (Lipinski definition) is 1. The first-order chi connectivity index (χ1) is 11.6. The van der Waals surface area contributed by atoms with Crippen molar-refractivity contribution in [3.8, 4) is 0 Å². The van der Waals surface area contributed by atoms with Crippen LogP contribution >= 0.6 is 15.9 Å². The Balaban J connectivity index is 1.93. The summed E-state index contributed by atoms with van der Waals surface area (Å²) in [6, 6.07) is 16.2. The third kappa shape index (κ3) is 5.77. The number of halogens is 1. The van der Waals surface area contributed by atoms with Gasteiger partial charge in [0.2, 0.25) is 5.91 Å². The topological polar surface area (TPSA) is 32.3 Å². The largest absolute Gasteiger partial charge is 0.352 e. The first-order valence-corrected chi connectivity index (χ1v) is 9.22. The molecule has 0 heterocycles. The molecule has 0 radical (unpaired) electrons. The van der Waals surface area contributed by atoms with Gasteiger partial charge in [0.05, 0.1) is 6.42 Å². The highest BCUT2D eigenvalue weighted by molar-refractivity contribution is 9.10. The predicted octanol–water partition coefficient (Wildman–Crippen LogP) is 4.15. The number of hydrogen-bond acceptors (Lipinski definition) is 2. The van der Waals surface area contributed by atoms with E-state index in [1.807, 2.05) is 30.3 Å². The third-order valence-corrected chi connectivity index (χ3v) is 4.69. The highest BCUT2D eigenvalue weighted by Crippen LogP contribution is 2.13. The zero-order chi connectivity index (χ0) is 17.4. The van der Waals surface area contributed by atoms with Gasteiger partial charge in [-0.2, -0.15) is 0 Å². The van der Waals surface area contributed by atoms with Crippen molar-refractivity contribution in [2.45, 2.75) is 33.4 Å². The average molecular weight is 389 g/mol. The Morgan fingerprint density at radius 1 is 1.00 bits per heavy atom. The molecule has 0 saturated carbocycles. The van der Waals surface area contributed by atoms with E-state index in [1.54, 1.807) is 0 Å². The molecule has 24 heavy (non-hydrogen) atoms. The van der Waals surface area contributed by atoms with Gasteiger partial charge in [0.1, 0.15) is 0 Å². The van der Waals surface area contributed by atoms with Crippen LogP contribution in [0.3, 0.4) is 0 Å². The monoisotopic (exact) mass is 388 g/mol. The van der Waals surface area contributed by atoms with Gasteiger partial charge in [0.15, 0.2) is 0 Å². The Kier molecular flexibility index (Phi) is 7.47. The molecule has 1 N–H and O–H groups in total. The molecular formula is C20H25BrN2O. The lowest BCUT2D eigenvalue weighted by atomic mass is 10.1. The van der Waals surface area contributed by atoms with E-state index in [4.69, 9.17) is 0 Å². The molecule has 0 atom stereocenters. The molecule has 0 unspecified atom stereocenters. The standard InChI is InChI=1S/C20H25BrN2O/c1-3-23(4-2)15-18-8-6-5-7-17(18)14-22-20(24)13-16-9-11-19(21)12-10-16/h5-12H,3-4,13-15H2,1-2H3,(H,22,24). The fraction of sp³-hybridized carbons (Fsp3) is 0.350. The van der Waals surface area contributed by atoms with Crippen LogP contribution < -0.4 is 5.32 Å². The van der Waals surface area contributed by atoms with E-state index >= 15 is 0 Å². The molecule has 4 heteroatoms. The lowest BCUT2D eigenvalue weighted by Crippen LogP contribution is -2.27. The molecule has 0 aliphatic rings. The zero-order valence-electron chi connectivity index (χ0n) is 14.4. The Labute approximate surface area is 153 Å². The second-order valence-corrected chi connectivity index (χ2v) is 6.73. The molecule has 0 saturated heterocycles. The van der Waals surface area contributed by atoms with Crippen molar-refractivity contribution in [3.63, 3.8) is 0 Å². The third-order valence-electron chi connectivity index (χ3n) is 4.16. The summed E-state index contributed by atoms with van der Waals surface area (Å²) in [5.74, 6) is 0.0509. The van der Waals surface area contributed by atoms with E-state index in [1.165, 1.54) is 11.1 Å². The molecule has 2 aromatic carbocycles. The van der Waals surface area contributed by atoms with Gasteiger partial charge in [0, 0.05) is 17.6 Å². The molecule has 0 bridgehead atoms. The van der Waals surface area contributed by atoms with Crippen molar-refractivity contribution < 1.29 is 4.79 Å². The van der Waals surface area contributed by atoms with E-state index in [-0.39, 0.29) is 5.91 Å². The molecule has 0 aliphatic carbocycles. The Hall–Kier alpha value is -1.65. The molecule has 0 spiro atoms. The molecule has 3 nitrogen and oxygen atoms in total. The second kappa shape index (κ2) is 9.60. The fourth-order valence-corrected chi connectivity index (χ4v) is 2.88. The number of nitrogens with one attached hydrogen (secondary N) is 1. The van der Waals surface area contributed by atoms with Crippen LogP contribution in [0.5, 0.6) is 0 Å². The lowest BCUT2D eigenvalue weighted by Gasteiger charge is -2.20. The molecular weight excluding hydrogens is 364 g/mol. The van der Waals surface area contributed by atoms with Crippen molar-refractivity contribution in [1.29, 1.82) is 0 Å². The van der Waals surface area contributed by atoms with E-state index in [0.29, 0.717) is 13.0 Å². The van der Waals surface area contributed by atoms with Crippen LogP contribution in [0.4, 0.5) is 0 Å². The summed E-state index contributed by atoms with van der Waals surface area (Å²) in [7, 11) is 0. The number of amides is 1. The van der Waals surface area contributed by atoms with Crippen molar-refractivity contribution in [3.05, 3.63) is 69.7 Å². The molecule has 0 aromatic heterocycles. The van der Waals surface area contributed by atoms with Crippen LogP contribution in [0.15, 0.2) is 53.0 Å². The lowest BCUT2D eigenvalue weighted by molar-refractivity contribution is -0.120. The molecule has 2 aromatic rings. The summed E-state index contributed by atoms with van der Waals surface area (Å²) >= 11 is 3.41. The molecule has 2 rings (SSSR count). The SMILES string of the molecule is CCN(CC)Cc1ccccc1CNC(=O)Cc1ccc(Br)cc1. The summed E-state index contributed by atoms with van der Waals surface area (Å²) in [5, 5.41) is 3.04.